The molecule has 0 aliphatic carbocycles. The number of hydrogen-bond donors (Lipinski definition) is 1. The molecule has 2 rings (SSSR count). The molecule has 22 heavy (non-hydrogen) atoms. The number of rotatable bonds is 4. The van der Waals surface area contributed by atoms with Crippen molar-refractivity contribution in [2.24, 2.45) is 11.7 Å². The van der Waals surface area contributed by atoms with Gasteiger partial charge in [-0.2, -0.15) is 0 Å². The highest BCUT2D eigenvalue weighted by atomic mass is 16.6. The zero-order valence-electron chi connectivity index (χ0n) is 12.8. The van der Waals surface area contributed by atoms with E-state index in [0.29, 0.717) is 24.6 Å². The molecule has 2 N–H and O–H groups in total. The molecule has 2 atom stereocenters. The van der Waals surface area contributed by atoms with Gasteiger partial charge in [0.25, 0.3) is 5.91 Å². The first-order valence-electron chi connectivity index (χ1n) is 7.33. The molecule has 2 unspecified atom stereocenters. The summed E-state index contributed by atoms with van der Waals surface area (Å²) in [6.07, 6.45) is 1.95. The van der Waals surface area contributed by atoms with E-state index < -0.39 is 4.92 Å². The van der Waals surface area contributed by atoms with Crippen LogP contribution in [0.3, 0.4) is 0 Å². The minimum absolute atomic E-state index is 0.0255. The fourth-order valence-corrected chi connectivity index (χ4v) is 2.99. The van der Waals surface area contributed by atoms with E-state index in [0.717, 1.165) is 12.8 Å². The van der Waals surface area contributed by atoms with Crippen molar-refractivity contribution >= 4 is 11.6 Å². The van der Waals surface area contributed by atoms with Crippen LogP contribution in [0.4, 0.5) is 5.69 Å². The lowest BCUT2D eigenvalue weighted by Gasteiger charge is -2.39. The first-order valence-corrected chi connectivity index (χ1v) is 7.33. The van der Waals surface area contributed by atoms with Gasteiger partial charge in [-0.3, -0.25) is 14.9 Å². The molecule has 7 heteroatoms. The lowest BCUT2D eigenvalue weighted by atomic mass is 9.90. The fourth-order valence-electron chi connectivity index (χ4n) is 2.99. The van der Waals surface area contributed by atoms with Gasteiger partial charge in [-0.15, -0.1) is 0 Å². The van der Waals surface area contributed by atoms with Crippen LogP contribution >= 0.6 is 0 Å². The van der Waals surface area contributed by atoms with Crippen molar-refractivity contribution in [2.75, 3.05) is 20.2 Å². The Balaban J connectivity index is 2.32. The van der Waals surface area contributed by atoms with E-state index in [9.17, 15) is 14.9 Å². The first-order chi connectivity index (χ1) is 10.5. The van der Waals surface area contributed by atoms with E-state index in [-0.39, 0.29) is 23.4 Å². The van der Waals surface area contributed by atoms with Crippen molar-refractivity contribution in [3.8, 4) is 5.75 Å². The van der Waals surface area contributed by atoms with Crippen molar-refractivity contribution in [1.29, 1.82) is 0 Å². The molecule has 1 aromatic rings. The predicted octanol–water partition coefficient (Wildman–Crippen LogP) is 1.80. The van der Waals surface area contributed by atoms with Gasteiger partial charge in [0.15, 0.2) is 5.75 Å². The van der Waals surface area contributed by atoms with Crippen LogP contribution in [0.5, 0.6) is 5.75 Å². The van der Waals surface area contributed by atoms with Crippen molar-refractivity contribution in [1.82, 2.24) is 4.90 Å². The van der Waals surface area contributed by atoms with Gasteiger partial charge >= 0.3 is 5.69 Å². The second-order valence-corrected chi connectivity index (χ2v) is 5.56. The maximum atomic E-state index is 12.7. The number of methoxy groups -OCH3 is 1. The molecule has 1 heterocycles. The highest BCUT2D eigenvalue weighted by Crippen LogP contribution is 2.30. The Kier molecular flexibility index (Phi) is 4.97. The molecule has 1 amide bonds. The van der Waals surface area contributed by atoms with Crippen molar-refractivity contribution < 1.29 is 14.5 Å². The average molecular weight is 307 g/mol. The van der Waals surface area contributed by atoms with Gasteiger partial charge in [0.1, 0.15) is 0 Å². The zero-order chi connectivity index (χ0) is 16.3. The third-order valence-electron chi connectivity index (χ3n) is 4.24. The van der Waals surface area contributed by atoms with Crippen LogP contribution in [0.1, 0.15) is 30.1 Å². The normalized spacial score (nSPS) is 21.5. The topological polar surface area (TPSA) is 98.7 Å². The minimum Gasteiger partial charge on any atom is -0.490 e. The molecule has 1 aliphatic heterocycles. The molecule has 1 saturated heterocycles. The number of benzene rings is 1. The number of amides is 1. The smallest absolute Gasteiger partial charge is 0.311 e. The molecule has 120 valence electrons. The van der Waals surface area contributed by atoms with E-state index in [1.54, 1.807) is 11.0 Å². The van der Waals surface area contributed by atoms with E-state index in [1.807, 2.05) is 0 Å². The summed E-state index contributed by atoms with van der Waals surface area (Å²) in [6, 6.07) is 4.26. The minimum atomic E-state index is -0.547. The van der Waals surface area contributed by atoms with Gasteiger partial charge in [-0.25, -0.2) is 0 Å². The quantitative estimate of drug-likeness (QED) is 0.675. The summed E-state index contributed by atoms with van der Waals surface area (Å²) in [5.74, 6) is 0.257. The maximum absolute atomic E-state index is 12.7. The van der Waals surface area contributed by atoms with E-state index in [1.165, 1.54) is 19.2 Å². The highest BCUT2D eigenvalue weighted by molar-refractivity contribution is 5.95. The van der Waals surface area contributed by atoms with Gasteiger partial charge in [-0.05, 0) is 30.9 Å². The fraction of sp³-hybridized carbons (Fsp3) is 0.533. The Hall–Kier alpha value is -2.15. The van der Waals surface area contributed by atoms with Crippen LogP contribution in [-0.4, -0.2) is 42.0 Å². The van der Waals surface area contributed by atoms with Gasteiger partial charge in [-0.1, -0.05) is 6.92 Å². The number of likely N-dealkylation sites (tertiary alicyclic amines) is 1. The van der Waals surface area contributed by atoms with E-state index in [2.05, 4.69) is 6.92 Å². The Labute approximate surface area is 129 Å². The maximum Gasteiger partial charge on any atom is 0.311 e. The summed E-state index contributed by atoms with van der Waals surface area (Å²) in [4.78, 5) is 25.0. The van der Waals surface area contributed by atoms with Crippen LogP contribution in [0.25, 0.3) is 0 Å². The first kappa shape index (κ1) is 16.2. The third kappa shape index (κ3) is 3.04. The number of nitro groups is 1. The van der Waals surface area contributed by atoms with Crippen LogP contribution in [0, 0.1) is 16.0 Å². The molecule has 1 fully saturated rings. The van der Waals surface area contributed by atoms with Crippen molar-refractivity contribution in [2.45, 2.75) is 25.8 Å². The lowest BCUT2D eigenvalue weighted by molar-refractivity contribution is -0.385. The number of carbonyl (C=O) groups is 1. The van der Waals surface area contributed by atoms with Gasteiger partial charge < -0.3 is 15.4 Å². The summed E-state index contributed by atoms with van der Waals surface area (Å²) in [6.45, 7) is 3.10. The standard InChI is InChI=1S/C15H21N3O4/c1-10-4-3-7-17(13(10)9-16)15(19)11-5-6-14(22-2)12(8-11)18(20)21/h5-6,8,10,13H,3-4,7,9,16H2,1-2H3. The SMILES string of the molecule is COc1ccc(C(=O)N2CCCC(C)C2CN)cc1[N+](=O)[O-]. The Morgan fingerprint density at radius 2 is 2.27 bits per heavy atom. The van der Waals surface area contributed by atoms with Gasteiger partial charge in [0, 0.05) is 30.8 Å². The molecular weight excluding hydrogens is 286 g/mol. The summed E-state index contributed by atoms with van der Waals surface area (Å²) < 4.78 is 4.96. The van der Waals surface area contributed by atoms with Crippen LogP contribution in [0.2, 0.25) is 0 Å². The number of carbonyl (C=O) groups excluding carboxylic acids is 1. The Bertz CT molecular complexity index is 576. The average Bonchev–Trinajstić information content (AvgIpc) is 2.53. The van der Waals surface area contributed by atoms with Crippen molar-refractivity contribution in [3.63, 3.8) is 0 Å². The molecule has 0 bridgehead atoms. The van der Waals surface area contributed by atoms with E-state index in [4.69, 9.17) is 10.5 Å². The molecular formula is C15H21N3O4. The van der Waals surface area contributed by atoms with Crippen molar-refractivity contribution in [3.05, 3.63) is 33.9 Å². The molecule has 1 aliphatic rings. The van der Waals surface area contributed by atoms with Crippen LogP contribution in [0.15, 0.2) is 18.2 Å². The number of ether oxygens (including phenoxy) is 1. The second kappa shape index (κ2) is 6.74. The molecule has 1 aromatic carbocycles. The molecule has 7 nitrogen and oxygen atoms in total. The third-order valence-corrected chi connectivity index (χ3v) is 4.24. The largest absolute Gasteiger partial charge is 0.490 e. The number of piperidine rings is 1. The summed E-state index contributed by atoms with van der Waals surface area (Å²) in [7, 11) is 1.36. The van der Waals surface area contributed by atoms with Gasteiger partial charge in [0.05, 0.1) is 12.0 Å². The van der Waals surface area contributed by atoms with Crippen LogP contribution < -0.4 is 10.5 Å². The summed E-state index contributed by atoms with van der Waals surface area (Å²) in [5, 5.41) is 11.1. The van der Waals surface area contributed by atoms with Gasteiger partial charge in [0.2, 0.25) is 0 Å². The molecule has 0 spiro atoms. The highest BCUT2D eigenvalue weighted by Gasteiger charge is 2.32. The summed E-state index contributed by atoms with van der Waals surface area (Å²) in [5.41, 5.74) is 5.89. The van der Waals surface area contributed by atoms with E-state index >= 15 is 0 Å². The monoisotopic (exact) mass is 307 g/mol. The molecule has 0 radical (unpaired) electrons. The zero-order valence-corrected chi connectivity index (χ0v) is 12.8. The summed E-state index contributed by atoms with van der Waals surface area (Å²) >= 11 is 0. The number of nitrogens with zero attached hydrogens (tertiary/aromatic N) is 2. The predicted molar refractivity (Wildman–Crippen MR) is 81.9 cm³/mol. The number of nitrogens with two attached hydrogens (primary N) is 1. The second-order valence-electron chi connectivity index (χ2n) is 5.56. The number of hydrogen-bond acceptors (Lipinski definition) is 5. The molecule has 0 aromatic heterocycles. The number of nitro benzene ring substituents is 1. The lowest BCUT2D eigenvalue weighted by Crippen LogP contribution is -2.51. The Morgan fingerprint density at radius 1 is 1.55 bits per heavy atom. The van der Waals surface area contributed by atoms with Crippen LogP contribution in [-0.2, 0) is 0 Å². The molecule has 0 saturated carbocycles. The Morgan fingerprint density at radius 3 is 2.86 bits per heavy atom.